The number of nitrogens with zero attached hydrogens (tertiary/aromatic N) is 4. The van der Waals surface area contributed by atoms with Crippen molar-refractivity contribution in [1.29, 1.82) is 0 Å². The predicted molar refractivity (Wildman–Crippen MR) is 108 cm³/mol. The highest BCUT2D eigenvalue weighted by molar-refractivity contribution is 7.20. The van der Waals surface area contributed by atoms with E-state index >= 15 is 0 Å². The number of carbonyl (C=O) groups excluding carboxylic acids is 1. The largest absolute Gasteiger partial charge is 0.465 e. The molecule has 0 unspecified atom stereocenters. The van der Waals surface area contributed by atoms with Crippen molar-refractivity contribution in [3.63, 3.8) is 0 Å². The van der Waals surface area contributed by atoms with E-state index in [9.17, 15) is 9.59 Å². The lowest BCUT2D eigenvalue weighted by Gasteiger charge is -2.33. The molecule has 0 atom stereocenters. The predicted octanol–water partition coefficient (Wildman–Crippen LogP) is 1.69. The van der Waals surface area contributed by atoms with E-state index in [2.05, 4.69) is 24.9 Å². The lowest BCUT2D eigenvalue weighted by atomic mass is 10.2. The number of hydrogen-bond acceptors (Lipinski definition) is 9. The van der Waals surface area contributed by atoms with Crippen LogP contribution in [0.15, 0.2) is 15.4 Å². The molecule has 0 radical (unpaired) electrons. The standard InChI is InChI=1S/C19H23N5O4S/c1-11-8-13(22-28-11)9-23-4-6-24(7-5-23)10-14-20-17(25)15-12(2)16(19(26)27-3)29-18(15)21-14/h8H,4-7,9-10H2,1-3H3,(H,20,21,25). The minimum absolute atomic E-state index is 0.214. The van der Waals surface area contributed by atoms with E-state index in [-0.39, 0.29) is 5.56 Å². The number of rotatable bonds is 5. The third-order valence-corrected chi connectivity index (χ3v) is 6.29. The summed E-state index contributed by atoms with van der Waals surface area (Å²) in [5.41, 5.74) is 1.35. The molecule has 10 heteroatoms. The number of esters is 1. The first-order valence-corrected chi connectivity index (χ1v) is 10.2. The quantitative estimate of drug-likeness (QED) is 0.626. The third kappa shape index (κ3) is 4.09. The number of ether oxygens (including phenoxy) is 1. The maximum absolute atomic E-state index is 12.6. The van der Waals surface area contributed by atoms with Gasteiger partial charge in [-0.15, -0.1) is 11.3 Å². The lowest BCUT2D eigenvalue weighted by molar-refractivity contribution is 0.0605. The number of methoxy groups -OCH3 is 1. The van der Waals surface area contributed by atoms with Crippen LogP contribution in [0.1, 0.15) is 32.5 Å². The third-order valence-electron chi connectivity index (χ3n) is 5.12. The number of aryl methyl sites for hydroxylation is 2. The van der Waals surface area contributed by atoms with Gasteiger partial charge >= 0.3 is 5.97 Å². The Kier molecular flexibility index (Phi) is 5.48. The number of aromatic amines is 1. The highest BCUT2D eigenvalue weighted by atomic mass is 32.1. The fraction of sp³-hybridized carbons (Fsp3) is 0.474. The minimum Gasteiger partial charge on any atom is -0.465 e. The summed E-state index contributed by atoms with van der Waals surface area (Å²) in [7, 11) is 1.33. The summed E-state index contributed by atoms with van der Waals surface area (Å²) >= 11 is 1.20. The van der Waals surface area contributed by atoms with Crippen molar-refractivity contribution in [1.82, 2.24) is 24.9 Å². The number of fused-ring (bicyclic) bond motifs is 1. The summed E-state index contributed by atoms with van der Waals surface area (Å²) in [5, 5.41) is 4.52. The van der Waals surface area contributed by atoms with Crippen LogP contribution in [0.2, 0.25) is 0 Å². The Morgan fingerprint density at radius 3 is 2.55 bits per heavy atom. The van der Waals surface area contributed by atoms with Crippen LogP contribution in [-0.2, 0) is 17.8 Å². The van der Waals surface area contributed by atoms with Crippen LogP contribution in [0.4, 0.5) is 0 Å². The molecule has 0 aromatic carbocycles. The first-order valence-electron chi connectivity index (χ1n) is 9.42. The fourth-order valence-corrected chi connectivity index (χ4v) is 4.71. The molecular weight excluding hydrogens is 394 g/mol. The average molecular weight is 417 g/mol. The zero-order valence-electron chi connectivity index (χ0n) is 16.7. The van der Waals surface area contributed by atoms with E-state index in [4.69, 9.17) is 9.26 Å². The molecule has 3 aromatic rings. The summed E-state index contributed by atoms with van der Waals surface area (Å²) < 4.78 is 9.93. The zero-order valence-corrected chi connectivity index (χ0v) is 17.5. The van der Waals surface area contributed by atoms with Crippen molar-refractivity contribution in [2.75, 3.05) is 33.3 Å². The summed E-state index contributed by atoms with van der Waals surface area (Å²) in [4.78, 5) is 37.5. The number of H-pyrrole nitrogens is 1. The van der Waals surface area contributed by atoms with E-state index in [1.165, 1.54) is 18.4 Å². The summed E-state index contributed by atoms with van der Waals surface area (Å²) in [6.07, 6.45) is 0. The number of aromatic nitrogens is 3. The van der Waals surface area contributed by atoms with Crippen molar-refractivity contribution >= 4 is 27.5 Å². The van der Waals surface area contributed by atoms with Gasteiger partial charge in [-0.1, -0.05) is 5.16 Å². The van der Waals surface area contributed by atoms with Gasteiger partial charge in [0.1, 0.15) is 21.3 Å². The molecule has 0 saturated carbocycles. The van der Waals surface area contributed by atoms with Gasteiger partial charge in [0.2, 0.25) is 0 Å². The van der Waals surface area contributed by atoms with Crippen LogP contribution in [0.25, 0.3) is 10.2 Å². The van der Waals surface area contributed by atoms with Gasteiger partial charge in [0.05, 0.1) is 24.7 Å². The van der Waals surface area contributed by atoms with Crippen LogP contribution in [-0.4, -0.2) is 64.2 Å². The molecule has 1 saturated heterocycles. The maximum Gasteiger partial charge on any atom is 0.348 e. The lowest BCUT2D eigenvalue weighted by Crippen LogP contribution is -2.45. The van der Waals surface area contributed by atoms with Gasteiger partial charge in [-0.3, -0.25) is 14.6 Å². The molecule has 154 valence electrons. The van der Waals surface area contributed by atoms with Gasteiger partial charge < -0.3 is 14.2 Å². The van der Waals surface area contributed by atoms with Crippen LogP contribution in [0.3, 0.4) is 0 Å². The van der Waals surface area contributed by atoms with Gasteiger partial charge in [0, 0.05) is 38.8 Å². The Bertz CT molecular complexity index is 1090. The van der Waals surface area contributed by atoms with E-state index < -0.39 is 5.97 Å². The van der Waals surface area contributed by atoms with Gasteiger partial charge in [0.25, 0.3) is 5.56 Å². The van der Waals surface area contributed by atoms with Crippen molar-refractivity contribution in [3.05, 3.63) is 44.1 Å². The van der Waals surface area contributed by atoms with Gasteiger partial charge in [-0.05, 0) is 19.4 Å². The Balaban J connectivity index is 1.43. The molecular formula is C19H23N5O4S. The molecule has 4 heterocycles. The highest BCUT2D eigenvalue weighted by Gasteiger charge is 2.22. The van der Waals surface area contributed by atoms with E-state index in [1.807, 2.05) is 13.0 Å². The van der Waals surface area contributed by atoms with Gasteiger partial charge in [-0.2, -0.15) is 0 Å². The smallest absolute Gasteiger partial charge is 0.348 e. The number of thiophene rings is 1. The van der Waals surface area contributed by atoms with Crippen molar-refractivity contribution in [3.8, 4) is 0 Å². The fourth-order valence-electron chi connectivity index (χ4n) is 3.59. The normalized spacial score (nSPS) is 15.8. The molecule has 0 aliphatic carbocycles. The Labute approximate surface area is 171 Å². The molecule has 0 spiro atoms. The second kappa shape index (κ2) is 8.05. The van der Waals surface area contributed by atoms with Crippen molar-refractivity contribution < 1.29 is 14.1 Å². The van der Waals surface area contributed by atoms with Crippen molar-refractivity contribution in [2.24, 2.45) is 0 Å². The molecule has 1 fully saturated rings. The first kappa shape index (κ1) is 19.7. The summed E-state index contributed by atoms with van der Waals surface area (Å²) in [6.45, 7) is 8.53. The minimum atomic E-state index is -0.440. The second-order valence-electron chi connectivity index (χ2n) is 7.22. The SMILES string of the molecule is COC(=O)c1sc2nc(CN3CCN(Cc4cc(C)on4)CC3)[nH]c(=O)c2c1C. The molecule has 1 N–H and O–H groups in total. The number of hydrogen-bond donors (Lipinski definition) is 1. The molecule has 4 rings (SSSR count). The Morgan fingerprint density at radius 2 is 1.93 bits per heavy atom. The van der Waals surface area contributed by atoms with Gasteiger partial charge in [-0.25, -0.2) is 9.78 Å². The highest BCUT2D eigenvalue weighted by Crippen LogP contribution is 2.27. The monoisotopic (exact) mass is 417 g/mol. The zero-order chi connectivity index (χ0) is 20.5. The van der Waals surface area contributed by atoms with Crippen LogP contribution in [0, 0.1) is 13.8 Å². The summed E-state index contributed by atoms with van der Waals surface area (Å²) in [5.74, 6) is 0.994. The molecule has 3 aromatic heterocycles. The molecule has 9 nitrogen and oxygen atoms in total. The molecule has 0 bridgehead atoms. The number of nitrogens with one attached hydrogen (secondary N) is 1. The Hall–Kier alpha value is -2.56. The molecule has 1 aliphatic rings. The number of carbonyl (C=O) groups is 1. The molecule has 1 aliphatic heterocycles. The van der Waals surface area contributed by atoms with E-state index in [0.717, 1.165) is 44.2 Å². The van der Waals surface area contributed by atoms with E-state index in [0.29, 0.717) is 33.0 Å². The number of piperazine rings is 1. The van der Waals surface area contributed by atoms with Crippen LogP contribution in [0.5, 0.6) is 0 Å². The molecule has 0 amide bonds. The second-order valence-corrected chi connectivity index (χ2v) is 8.22. The van der Waals surface area contributed by atoms with Crippen molar-refractivity contribution in [2.45, 2.75) is 26.9 Å². The summed E-state index contributed by atoms with van der Waals surface area (Å²) in [6, 6.07) is 1.96. The van der Waals surface area contributed by atoms with Gasteiger partial charge in [0.15, 0.2) is 0 Å². The van der Waals surface area contributed by atoms with Crippen LogP contribution < -0.4 is 5.56 Å². The average Bonchev–Trinajstić information content (AvgIpc) is 3.25. The maximum atomic E-state index is 12.6. The Morgan fingerprint density at radius 1 is 1.24 bits per heavy atom. The molecule has 29 heavy (non-hydrogen) atoms. The van der Waals surface area contributed by atoms with Crippen LogP contribution >= 0.6 is 11.3 Å². The first-order chi connectivity index (χ1) is 13.9. The van der Waals surface area contributed by atoms with E-state index in [1.54, 1.807) is 6.92 Å². The topological polar surface area (TPSA) is 105 Å².